The first-order valence-corrected chi connectivity index (χ1v) is 7.33. The minimum Gasteiger partial charge on any atom is -0.371 e. The Kier molecular flexibility index (Phi) is 5.75. The summed E-state index contributed by atoms with van der Waals surface area (Å²) in [7, 11) is 0. The zero-order chi connectivity index (χ0) is 12.9. The number of ether oxygens (including phenoxy) is 1. The number of rotatable bonds is 7. The van der Waals surface area contributed by atoms with Gasteiger partial charge in [0.15, 0.2) is 0 Å². The van der Waals surface area contributed by atoms with Gasteiger partial charge in [0.05, 0.1) is 11.7 Å². The van der Waals surface area contributed by atoms with Crippen molar-refractivity contribution in [1.82, 2.24) is 5.32 Å². The Morgan fingerprint density at radius 1 is 1.41 bits per heavy atom. The van der Waals surface area contributed by atoms with Crippen LogP contribution >= 0.6 is 11.6 Å². The molecule has 1 fully saturated rings. The van der Waals surface area contributed by atoms with Crippen molar-refractivity contribution in [1.29, 1.82) is 0 Å². The number of hydrogen-bond acceptors (Lipinski definition) is 2. The van der Waals surface area contributed by atoms with Crippen LogP contribution in [0.5, 0.6) is 0 Å². The van der Waals surface area contributed by atoms with Crippen LogP contribution in [0.1, 0.15) is 53.4 Å². The van der Waals surface area contributed by atoms with E-state index in [1.807, 2.05) is 0 Å². The van der Waals surface area contributed by atoms with Gasteiger partial charge in [-0.25, -0.2) is 0 Å². The summed E-state index contributed by atoms with van der Waals surface area (Å²) >= 11 is 5.74. The summed E-state index contributed by atoms with van der Waals surface area (Å²) in [5, 5.41) is 3.55. The molecular weight excluding hydrogens is 234 g/mol. The SMILES string of the molecule is CC(C)(CCCCl)CNCC1CCC(C)(C)O1. The third kappa shape index (κ3) is 6.08. The second kappa shape index (κ2) is 6.40. The third-order valence-electron chi connectivity index (χ3n) is 3.52. The summed E-state index contributed by atoms with van der Waals surface area (Å²) in [5.74, 6) is 0.767. The van der Waals surface area contributed by atoms with Gasteiger partial charge in [0.25, 0.3) is 0 Å². The molecule has 1 unspecified atom stereocenters. The maximum absolute atomic E-state index is 5.96. The molecule has 0 radical (unpaired) electrons. The zero-order valence-corrected chi connectivity index (χ0v) is 12.6. The second-order valence-corrected chi connectivity index (χ2v) is 7.00. The van der Waals surface area contributed by atoms with Crippen molar-refractivity contribution in [2.45, 2.75) is 65.1 Å². The molecule has 0 aromatic carbocycles. The van der Waals surface area contributed by atoms with E-state index in [9.17, 15) is 0 Å². The second-order valence-electron chi connectivity index (χ2n) is 6.63. The largest absolute Gasteiger partial charge is 0.371 e. The highest BCUT2D eigenvalue weighted by atomic mass is 35.5. The van der Waals surface area contributed by atoms with E-state index in [4.69, 9.17) is 16.3 Å². The van der Waals surface area contributed by atoms with E-state index < -0.39 is 0 Å². The topological polar surface area (TPSA) is 21.3 Å². The summed E-state index contributed by atoms with van der Waals surface area (Å²) in [4.78, 5) is 0. The zero-order valence-electron chi connectivity index (χ0n) is 11.8. The molecule has 2 nitrogen and oxygen atoms in total. The molecule has 1 atom stereocenters. The highest BCUT2D eigenvalue weighted by Gasteiger charge is 2.31. The quantitative estimate of drug-likeness (QED) is 0.708. The molecule has 1 aliphatic heterocycles. The van der Waals surface area contributed by atoms with Gasteiger partial charge < -0.3 is 10.1 Å². The molecule has 3 heteroatoms. The molecule has 1 aliphatic rings. The van der Waals surface area contributed by atoms with Crippen LogP contribution in [0.2, 0.25) is 0 Å². The summed E-state index contributed by atoms with van der Waals surface area (Å²) < 4.78 is 5.96. The van der Waals surface area contributed by atoms with E-state index in [0.29, 0.717) is 11.5 Å². The third-order valence-corrected chi connectivity index (χ3v) is 3.78. The van der Waals surface area contributed by atoms with Gasteiger partial charge in [0.1, 0.15) is 0 Å². The van der Waals surface area contributed by atoms with Crippen molar-refractivity contribution in [3.05, 3.63) is 0 Å². The number of nitrogens with one attached hydrogen (secondary N) is 1. The van der Waals surface area contributed by atoms with Crippen molar-refractivity contribution in [3.8, 4) is 0 Å². The van der Waals surface area contributed by atoms with E-state index in [1.165, 1.54) is 19.3 Å². The van der Waals surface area contributed by atoms with Gasteiger partial charge >= 0.3 is 0 Å². The predicted octanol–water partition coefficient (Wildman–Crippen LogP) is 3.58. The Hall–Kier alpha value is 0.210. The lowest BCUT2D eigenvalue weighted by Gasteiger charge is -2.26. The van der Waals surface area contributed by atoms with Gasteiger partial charge in [-0.15, -0.1) is 11.6 Å². The van der Waals surface area contributed by atoms with Crippen molar-refractivity contribution in [2.24, 2.45) is 5.41 Å². The fourth-order valence-corrected chi connectivity index (χ4v) is 2.56. The van der Waals surface area contributed by atoms with Gasteiger partial charge in [-0.3, -0.25) is 0 Å². The predicted molar refractivity (Wildman–Crippen MR) is 74.8 cm³/mol. The van der Waals surface area contributed by atoms with Crippen LogP contribution in [-0.4, -0.2) is 30.7 Å². The van der Waals surface area contributed by atoms with Crippen LogP contribution in [0, 0.1) is 5.41 Å². The molecule has 0 bridgehead atoms. The molecule has 1 heterocycles. The van der Waals surface area contributed by atoms with E-state index in [1.54, 1.807) is 0 Å². The first-order valence-electron chi connectivity index (χ1n) is 6.79. The highest BCUT2D eigenvalue weighted by Crippen LogP contribution is 2.29. The van der Waals surface area contributed by atoms with Crippen LogP contribution < -0.4 is 5.32 Å². The van der Waals surface area contributed by atoms with Crippen molar-refractivity contribution in [2.75, 3.05) is 19.0 Å². The number of halogens is 1. The summed E-state index contributed by atoms with van der Waals surface area (Å²) in [6.45, 7) is 11.0. The number of alkyl halides is 1. The Bertz CT molecular complexity index is 228. The Balaban J connectivity index is 2.15. The average molecular weight is 262 g/mol. The minimum atomic E-state index is 0.0838. The van der Waals surface area contributed by atoms with Gasteiger partial charge in [-0.05, 0) is 44.9 Å². The molecule has 1 N–H and O–H groups in total. The molecule has 1 rings (SSSR count). The normalized spacial score (nSPS) is 24.2. The van der Waals surface area contributed by atoms with Crippen molar-refractivity contribution >= 4 is 11.6 Å². The fourth-order valence-electron chi connectivity index (χ4n) is 2.43. The van der Waals surface area contributed by atoms with Gasteiger partial charge in [-0.2, -0.15) is 0 Å². The summed E-state index contributed by atoms with van der Waals surface area (Å²) in [6.07, 6.45) is 5.04. The first kappa shape index (κ1) is 15.3. The van der Waals surface area contributed by atoms with Crippen molar-refractivity contribution < 1.29 is 4.74 Å². The van der Waals surface area contributed by atoms with Gasteiger partial charge in [0.2, 0.25) is 0 Å². The van der Waals surface area contributed by atoms with Crippen LogP contribution in [0.25, 0.3) is 0 Å². The summed E-state index contributed by atoms with van der Waals surface area (Å²) in [5.41, 5.74) is 0.420. The minimum absolute atomic E-state index is 0.0838. The van der Waals surface area contributed by atoms with Gasteiger partial charge in [-0.1, -0.05) is 13.8 Å². The Morgan fingerprint density at radius 3 is 2.65 bits per heavy atom. The lowest BCUT2D eigenvalue weighted by molar-refractivity contribution is -0.0148. The average Bonchev–Trinajstić information content (AvgIpc) is 2.55. The van der Waals surface area contributed by atoms with Crippen LogP contribution in [0.3, 0.4) is 0 Å². The maximum Gasteiger partial charge on any atom is 0.0707 e. The molecule has 0 saturated carbocycles. The lowest BCUT2D eigenvalue weighted by Crippen LogP contribution is -2.35. The first-order chi connectivity index (χ1) is 7.85. The van der Waals surface area contributed by atoms with Crippen LogP contribution in [-0.2, 0) is 4.74 Å². The van der Waals surface area contributed by atoms with E-state index in [0.717, 1.165) is 25.4 Å². The van der Waals surface area contributed by atoms with Gasteiger partial charge in [0, 0.05) is 19.0 Å². The molecular formula is C14H28ClNO. The molecule has 0 spiro atoms. The number of hydrogen-bond donors (Lipinski definition) is 1. The fraction of sp³-hybridized carbons (Fsp3) is 1.00. The van der Waals surface area contributed by atoms with Crippen LogP contribution in [0.15, 0.2) is 0 Å². The molecule has 17 heavy (non-hydrogen) atoms. The summed E-state index contributed by atoms with van der Waals surface area (Å²) in [6, 6.07) is 0. The standard InChI is InChI=1S/C14H28ClNO/c1-13(2,7-5-9-15)11-16-10-12-6-8-14(3,4)17-12/h12,16H,5-11H2,1-4H3. The maximum atomic E-state index is 5.96. The van der Waals surface area contributed by atoms with E-state index in [2.05, 4.69) is 33.0 Å². The monoisotopic (exact) mass is 261 g/mol. The van der Waals surface area contributed by atoms with Crippen LogP contribution in [0.4, 0.5) is 0 Å². The molecule has 0 aliphatic carbocycles. The van der Waals surface area contributed by atoms with Crippen molar-refractivity contribution in [3.63, 3.8) is 0 Å². The highest BCUT2D eigenvalue weighted by molar-refractivity contribution is 6.17. The molecule has 0 aromatic heterocycles. The van der Waals surface area contributed by atoms with E-state index in [-0.39, 0.29) is 5.60 Å². The van der Waals surface area contributed by atoms with E-state index >= 15 is 0 Å². The Labute approximate surface area is 111 Å². The lowest BCUT2D eigenvalue weighted by atomic mass is 9.88. The smallest absolute Gasteiger partial charge is 0.0707 e. The molecule has 0 amide bonds. The molecule has 0 aromatic rings. The molecule has 102 valence electrons. The molecule has 1 saturated heterocycles. The Morgan fingerprint density at radius 2 is 2.12 bits per heavy atom.